The van der Waals surface area contributed by atoms with E-state index in [1.54, 1.807) is 41.9 Å². The molecule has 0 bridgehead atoms. The molecule has 1 aromatic heterocycles. The van der Waals surface area contributed by atoms with Gasteiger partial charge >= 0.3 is 5.97 Å². The van der Waals surface area contributed by atoms with Crippen LogP contribution in [0.3, 0.4) is 0 Å². The number of carbonyl (C=O) groups is 2. The highest BCUT2D eigenvalue weighted by molar-refractivity contribution is 6.31. The Morgan fingerprint density at radius 1 is 1.14 bits per heavy atom. The number of amides is 1. The molecule has 44 heavy (non-hydrogen) atoms. The predicted octanol–water partition coefficient (Wildman–Crippen LogP) is 6.60. The average Bonchev–Trinajstić information content (AvgIpc) is 3.74. The van der Waals surface area contributed by atoms with Crippen molar-refractivity contribution in [2.75, 3.05) is 18.5 Å². The van der Waals surface area contributed by atoms with Crippen molar-refractivity contribution in [3.05, 3.63) is 87.4 Å². The molecule has 2 N–H and O–H groups in total. The number of hydrogen-bond donors (Lipinski definition) is 2. The first-order valence-corrected chi connectivity index (χ1v) is 15.2. The molecule has 3 aliphatic rings. The number of carboxylic acid groups (broad SMARTS) is 1. The molecule has 1 aliphatic carbocycles. The van der Waals surface area contributed by atoms with Gasteiger partial charge in [-0.15, -0.1) is 0 Å². The van der Waals surface area contributed by atoms with E-state index in [0.29, 0.717) is 40.0 Å². The van der Waals surface area contributed by atoms with E-state index in [1.807, 2.05) is 0 Å². The molecule has 0 radical (unpaired) electrons. The first kappa shape index (κ1) is 29.0. The smallest absolute Gasteiger partial charge is 0.335 e. The van der Waals surface area contributed by atoms with E-state index in [2.05, 4.69) is 15.3 Å². The number of aromatic carboxylic acids is 1. The van der Waals surface area contributed by atoms with Crippen LogP contribution in [0.2, 0.25) is 10.0 Å². The molecular weight excluding hydrogens is 613 g/mol. The van der Waals surface area contributed by atoms with Crippen molar-refractivity contribution >= 4 is 51.7 Å². The zero-order chi connectivity index (χ0) is 30.9. The van der Waals surface area contributed by atoms with Crippen molar-refractivity contribution in [2.24, 2.45) is 11.8 Å². The zero-order valence-corrected chi connectivity index (χ0v) is 25.1. The standard InChI is InChI=1S/C32H28Cl2F2N4O4/c1-32(31(43)37-19-4-2-3-18(33)12-19)26(21-9-10-23(35)27(34)28(21)36)22-14-40-29(44-15-25(22)39(32)13-16-5-6-16)20-8-7-17(30(41)42)11-24(20)38-40/h2-4,7-12,16,22,25-26H,5-6,13-15H2,1H3,(H,37,43)(H,41,42)/t22-,25+,26+,32-/m1/s1. The van der Waals surface area contributed by atoms with E-state index in [-0.39, 0.29) is 36.2 Å². The molecule has 8 nitrogen and oxygen atoms in total. The Morgan fingerprint density at radius 3 is 2.66 bits per heavy atom. The highest BCUT2D eigenvalue weighted by Crippen LogP contribution is 2.54. The lowest BCUT2D eigenvalue weighted by Gasteiger charge is -2.40. The maximum Gasteiger partial charge on any atom is 0.335 e. The summed E-state index contributed by atoms with van der Waals surface area (Å²) in [5.74, 6) is -3.62. The number of hydrogen-bond acceptors (Lipinski definition) is 5. The van der Waals surface area contributed by atoms with Crippen molar-refractivity contribution in [3.63, 3.8) is 0 Å². The van der Waals surface area contributed by atoms with Gasteiger partial charge in [0.1, 0.15) is 28.8 Å². The normalized spacial score (nSPS) is 24.8. The van der Waals surface area contributed by atoms with Gasteiger partial charge in [0.2, 0.25) is 11.8 Å². The largest absolute Gasteiger partial charge is 0.478 e. The number of anilines is 1. The Hall–Kier alpha value is -3.73. The monoisotopic (exact) mass is 640 g/mol. The fourth-order valence-electron chi connectivity index (χ4n) is 7.03. The number of likely N-dealkylation sites (tertiary alicyclic amines) is 1. The highest BCUT2D eigenvalue weighted by atomic mass is 35.5. The third-order valence-electron chi connectivity index (χ3n) is 9.33. The molecule has 2 fully saturated rings. The van der Waals surface area contributed by atoms with Crippen molar-refractivity contribution in [1.82, 2.24) is 14.7 Å². The lowest BCUT2D eigenvalue weighted by molar-refractivity contribution is -0.127. The molecule has 0 spiro atoms. The average molecular weight is 642 g/mol. The molecule has 1 saturated carbocycles. The van der Waals surface area contributed by atoms with Crippen LogP contribution in [0.25, 0.3) is 10.9 Å². The molecule has 12 heteroatoms. The van der Waals surface area contributed by atoms with Gasteiger partial charge in [-0.3, -0.25) is 9.69 Å². The molecule has 228 valence electrons. The SMILES string of the molecule is C[C@]1(C(=O)Nc2cccc(Cl)c2)[C@@H](c2ccc(F)c(Cl)c2F)[C@@H]2Cn3nc4cc(C(=O)O)ccc4c3OC[C@@H]2N1CC1CC1. The van der Waals surface area contributed by atoms with Crippen LogP contribution in [-0.4, -0.2) is 56.4 Å². The minimum Gasteiger partial charge on any atom is -0.478 e. The van der Waals surface area contributed by atoms with Gasteiger partial charge in [0.25, 0.3) is 0 Å². The number of benzene rings is 3. The summed E-state index contributed by atoms with van der Waals surface area (Å²) < 4.78 is 38.5. The summed E-state index contributed by atoms with van der Waals surface area (Å²) in [6.07, 6.45) is 2.03. The van der Waals surface area contributed by atoms with Crippen LogP contribution in [0, 0.1) is 23.5 Å². The minimum absolute atomic E-state index is 0.0891. The van der Waals surface area contributed by atoms with E-state index in [1.165, 1.54) is 18.2 Å². The summed E-state index contributed by atoms with van der Waals surface area (Å²) in [5, 5.41) is 17.6. The second kappa shape index (κ2) is 10.7. The summed E-state index contributed by atoms with van der Waals surface area (Å²) in [7, 11) is 0. The summed E-state index contributed by atoms with van der Waals surface area (Å²) in [6.45, 7) is 2.79. The molecule has 2 aliphatic heterocycles. The maximum absolute atomic E-state index is 16.0. The molecule has 3 heterocycles. The van der Waals surface area contributed by atoms with Crippen molar-refractivity contribution < 1.29 is 28.2 Å². The molecule has 1 saturated heterocycles. The van der Waals surface area contributed by atoms with E-state index >= 15 is 4.39 Å². The van der Waals surface area contributed by atoms with E-state index in [9.17, 15) is 19.1 Å². The van der Waals surface area contributed by atoms with Crippen molar-refractivity contribution in [2.45, 2.75) is 43.8 Å². The van der Waals surface area contributed by atoms with Gasteiger partial charge in [-0.1, -0.05) is 35.3 Å². The van der Waals surface area contributed by atoms with Crippen LogP contribution in [-0.2, 0) is 11.3 Å². The second-order valence-corrected chi connectivity index (χ2v) is 12.8. The molecule has 7 rings (SSSR count). The molecule has 0 unspecified atom stereocenters. The number of carboxylic acids is 1. The highest BCUT2D eigenvalue weighted by Gasteiger charge is 2.62. The summed E-state index contributed by atoms with van der Waals surface area (Å²) in [4.78, 5) is 28.2. The van der Waals surface area contributed by atoms with Gasteiger partial charge < -0.3 is 15.2 Å². The topological polar surface area (TPSA) is 96.7 Å². The Labute approximate surface area is 261 Å². The fourth-order valence-corrected chi connectivity index (χ4v) is 7.39. The number of ether oxygens (including phenoxy) is 1. The Morgan fingerprint density at radius 2 is 1.93 bits per heavy atom. The Kier molecular flexibility index (Phi) is 7.06. The lowest BCUT2D eigenvalue weighted by atomic mass is 9.74. The summed E-state index contributed by atoms with van der Waals surface area (Å²) in [6, 6.07) is 13.6. The van der Waals surface area contributed by atoms with Gasteiger partial charge in [0.05, 0.1) is 22.5 Å². The number of fused-ring (bicyclic) bond motifs is 4. The Balaban J connectivity index is 1.38. The zero-order valence-electron chi connectivity index (χ0n) is 23.6. The second-order valence-electron chi connectivity index (χ2n) is 12.0. The number of halogens is 4. The molecule has 4 atom stereocenters. The number of nitrogens with one attached hydrogen (secondary N) is 1. The van der Waals surface area contributed by atoms with Crippen molar-refractivity contribution in [3.8, 4) is 5.88 Å². The lowest BCUT2D eigenvalue weighted by Crippen LogP contribution is -2.57. The predicted molar refractivity (Wildman–Crippen MR) is 161 cm³/mol. The fraction of sp³-hybridized carbons (Fsp3) is 0.344. The van der Waals surface area contributed by atoms with Crippen LogP contribution < -0.4 is 10.1 Å². The van der Waals surface area contributed by atoms with Crippen LogP contribution in [0.15, 0.2) is 54.6 Å². The molecule has 4 aromatic rings. The van der Waals surface area contributed by atoms with Crippen LogP contribution in [0.4, 0.5) is 14.5 Å². The molecule has 3 aromatic carbocycles. The van der Waals surface area contributed by atoms with Gasteiger partial charge in [-0.25, -0.2) is 18.3 Å². The van der Waals surface area contributed by atoms with Gasteiger partial charge in [0, 0.05) is 35.6 Å². The van der Waals surface area contributed by atoms with E-state index < -0.39 is 40.0 Å². The summed E-state index contributed by atoms with van der Waals surface area (Å²) in [5.41, 5.74) is -0.163. The maximum atomic E-state index is 16.0. The Bertz CT molecular complexity index is 1830. The van der Waals surface area contributed by atoms with Crippen molar-refractivity contribution in [1.29, 1.82) is 0 Å². The van der Waals surface area contributed by atoms with E-state index in [0.717, 1.165) is 18.9 Å². The van der Waals surface area contributed by atoms with Crippen LogP contribution in [0.1, 0.15) is 41.6 Å². The summed E-state index contributed by atoms with van der Waals surface area (Å²) >= 11 is 12.3. The number of rotatable bonds is 6. The first-order valence-electron chi connectivity index (χ1n) is 14.4. The van der Waals surface area contributed by atoms with Gasteiger partial charge in [0.15, 0.2) is 0 Å². The number of carbonyl (C=O) groups excluding carboxylic acids is 1. The minimum atomic E-state index is -1.31. The van der Waals surface area contributed by atoms with E-state index in [4.69, 9.17) is 27.9 Å². The van der Waals surface area contributed by atoms with Crippen LogP contribution >= 0.6 is 23.2 Å². The quantitative estimate of drug-likeness (QED) is 0.230. The van der Waals surface area contributed by atoms with Crippen LogP contribution in [0.5, 0.6) is 5.88 Å². The molecule has 1 amide bonds. The van der Waals surface area contributed by atoms with Gasteiger partial charge in [-0.05, 0) is 73.7 Å². The molecular formula is C32H28Cl2F2N4O4. The van der Waals surface area contributed by atoms with Gasteiger partial charge in [-0.2, -0.15) is 5.10 Å². The number of nitrogens with zero attached hydrogens (tertiary/aromatic N) is 3. The third kappa shape index (κ3) is 4.71. The third-order valence-corrected chi connectivity index (χ3v) is 9.91. The first-order chi connectivity index (χ1) is 21.1. The number of aromatic nitrogens is 2.